The molecule has 8 heteroatoms. The molecule has 2 fully saturated rings. The molecule has 22 heavy (non-hydrogen) atoms. The zero-order valence-electron chi connectivity index (χ0n) is 11.7. The number of halogens is 1. The predicted molar refractivity (Wildman–Crippen MR) is 83.6 cm³/mol. The zero-order chi connectivity index (χ0) is 15.9. The average molecular weight is 339 g/mol. The normalized spacial score (nSPS) is 25.6. The summed E-state index contributed by atoms with van der Waals surface area (Å²) in [6, 6.07) is 4.91. The summed E-state index contributed by atoms with van der Waals surface area (Å²) in [4.78, 5) is 13.0. The first-order chi connectivity index (χ1) is 10.6. The molecule has 0 aliphatic heterocycles. The molecule has 1 unspecified atom stereocenters. The smallest absolute Gasteiger partial charge is 0.173 e. The van der Waals surface area contributed by atoms with Gasteiger partial charge in [-0.3, -0.25) is 9.00 Å². The van der Waals surface area contributed by atoms with Crippen LogP contribution >= 0.6 is 11.6 Å². The molecule has 2 saturated carbocycles. The molecule has 3 rings (SSSR count). The van der Waals surface area contributed by atoms with Gasteiger partial charge in [0.15, 0.2) is 11.6 Å². The van der Waals surface area contributed by atoms with E-state index in [2.05, 4.69) is 10.2 Å². The van der Waals surface area contributed by atoms with Gasteiger partial charge in [0, 0.05) is 22.6 Å². The van der Waals surface area contributed by atoms with Crippen LogP contribution in [0.25, 0.3) is 0 Å². The number of rotatable bonds is 5. The summed E-state index contributed by atoms with van der Waals surface area (Å²) in [6.45, 7) is 0. The van der Waals surface area contributed by atoms with Gasteiger partial charge in [-0.15, -0.1) is 5.11 Å². The number of hydrogen-bond acceptors (Lipinski definition) is 5. The number of nitrogens with one attached hydrogen (secondary N) is 1. The summed E-state index contributed by atoms with van der Waals surface area (Å²) in [5.74, 6) is 4.82. The van der Waals surface area contributed by atoms with E-state index in [4.69, 9.17) is 23.0 Å². The van der Waals surface area contributed by atoms with E-state index in [-0.39, 0.29) is 28.7 Å². The summed E-state index contributed by atoms with van der Waals surface area (Å²) in [5.41, 5.74) is 7.45. The Hall–Kier alpha value is -1.60. The Kier molecular flexibility index (Phi) is 4.10. The van der Waals surface area contributed by atoms with Gasteiger partial charge in [0.05, 0.1) is 20.7 Å². The van der Waals surface area contributed by atoms with Crippen molar-refractivity contribution in [2.45, 2.75) is 29.4 Å². The number of ketones is 1. The first kappa shape index (κ1) is 15.3. The lowest BCUT2D eigenvalue weighted by atomic mass is 10.1. The summed E-state index contributed by atoms with van der Waals surface area (Å²) in [6.07, 6.45) is 2.51. The maximum atomic E-state index is 12.4. The molecular weight excluding hydrogens is 324 g/mol. The number of amidine groups is 1. The lowest BCUT2D eigenvalue weighted by Crippen LogP contribution is -2.09. The van der Waals surface area contributed by atoms with E-state index in [9.17, 15) is 9.00 Å². The number of carbonyl (C=O) groups excluding carboxylic acids is 1. The van der Waals surface area contributed by atoms with Crippen LogP contribution in [0, 0.1) is 17.4 Å². The number of nitrogens with zero attached hydrogens (tertiary/aromatic N) is 2. The molecule has 0 bridgehead atoms. The highest BCUT2D eigenvalue weighted by Crippen LogP contribution is 2.43. The molecule has 0 spiro atoms. The van der Waals surface area contributed by atoms with Crippen LogP contribution in [0.3, 0.4) is 0 Å². The molecule has 1 aromatic carbocycles. The fraction of sp³-hybridized carbons (Fsp3) is 0.429. The predicted octanol–water partition coefficient (Wildman–Crippen LogP) is 2.73. The van der Waals surface area contributed by atoms with Gasteiger partial charge < -0.3 is 5.84 Å². The van der Waals surface area contributed by atoms with Crippen LogP contribution < -0.4 is 5.84 Å². The van der Waals surface area contributed by atoms with Crippen molar-refractivity contribution in [1.82, 2.24) is 0 Å². The standard InChI is InChI=1S/C14H15ClN4O2S/c15-11-5-7(1-4-12(11)22(21)8-2-3-8)13(20)9-6-10(9)14(18-16)19-17/h1,4-5,8-10,16H,2-3,6,17H2/t9-,10-,22?/m0/s1. The highest BCUT2D eigenvalue weighted by molar-refractivity contribution is 7.86. The molecule has 3 N–H and O–H groups in total. The van der Waals surface area contributed by atoms with Crippen molar-refractivity contribution in [2.24, 2.45) is 27.9 Å². The number of carbonyl (C=O) groups is 1. The Morgan fingerprint density at radius 2 is 2.09 bits per heavy atom. The third-order valence-electron chi connectivity index (χ3n) is 3.97. The molecule has 2 aliphatic carbocycles. The molecule has 2 aliphatic rings. The second kappa shape index (κ2) is 5.89. The summed E-state index contributed by atoms with van der Waals surface area (Å²) >= 11 is 6.18. The van der Waals surface area contributed by atoms with Gasteiger partial charge in [0.25, 0.3) is 0 Å². The van der Waals surface area contributed by atoms with Gasteiger partial charge in [-0.05, 0) is 31.4 Å². The van der Waals surface area contributed by atoms with E-state index >= 15 is 0 Å². The highest BCUT2D eigenvalue weighted by Gasteiger charge is 2.47. The Morgan fingerprint density at radius 3 is 2.64 bits per heavy atom. The third kappa shape index (κ3) is 2.83. The maximum absolute atomic E-state index is 12.4. The van der Waals surface area contributed by atoms with Crippen molar-refractivity contribution >= 4 is 34.0 Å². The number of benzene rings is 1. The van der Waals surface area contributed by atoms with E-state index in [1.165, 1.54) is 0 Å². The minimum Gasteiger partial charge on any atom is -0.321 e. The number of hydrogen-bond donors (Lipinski definition) is 2. The van der Waals surface area contributed by atoms with Crippen molar-refractivity contribution in [1.29, 1.82) is 5.53 Å². The van der Waals surface area contributed by atoms with Crippen LogP contribution in [0.4, 0.5) is 0 Å². The molecule has 116 valence electrons. The summed E-state index contributed by atoms with van der Waals surface area (Å²) in [5, 5.41) is 7.22. The lowest BCUT2D eigenvalue weighted by Gasteiger charge is -2.06. The van der Waals surface area contributed by atoms with Crippen LogP contribution in [0.2, 0.25) is 5.02 Å². The van der Waals surface area contributed by atoms with E-state index in [1.807, 2.05) is 0 Å². The number of nitrogens with two attached hydrogens (primary N) is 1. The minimum atomic E-state index is -1.09. The van der Waals surface area contributed by atoms with Crippen molar-refractivity contribution in [2.75, 3.05) is 0 Å². The van der Waals surface area contributed by atoms with Crippen molar-refractivity contribution in [3.05, 3.63) is 28.8 Å². The van der Waals surface area contributed by atoms with Crippen LogP contribution in [-0.4, -0.2) is 21.1 Å². The number of Topliss-reactive ketones (excluding diaryl/α,β-unsaturated/α-hetero) is 1. The molecule has 3 atom stereocenters. The van der Waals surface area contributed by atoms with E-state index in [0.29, 0.717) is 21.9 Å². The van der Waals surface area contributed by atoms with E-state index in [0.717, 1.165) is 12.8 Å². The molecule has 0 saturated heterocycles. The SMILES string of the molecule is N=NC(=NN)[C@H]1C[C@@H]1C(=O)c1ccc(S(=O)C2CC2)c(Cl)c1. The highest BCUT2D eigenvalue weighted by atomic mass is 35.5. The quantitative estimate of drug-likeness (QED) is 0.215. The van der Waals surface area contributed by atoms with Gasteiger partial charge >= 0.3 is 0 Å². The van der Waals surface area contributed by atoms with Gasteiger partial charge in [-0.1, -0.05) is 17.7 Å². The van der Waals surface area contributed by atoms with Gasteiger partial charge in [-0.25, -0.2) is 5.53 Å². The summed E-state index contributed by atoms with van der Waals surface area (Å²) in [7, 11) is -1.09. The maximum Gasteiger partial charge on any atom is 0.173 e. The fourth-order valence-corrected chi connectivity index (χ4v) is 4.26. The van der Waals surface area contributed by atoms with Gasteiger partial charge in [0.2, 0.25) is 0 Å². The first-order valence-electron chi connectivity index (χ1n) is 6.96. The lowest BCUT2D eigenvalue weighted by molar-refractivity contribution is 0.0964. The van der Waals surface area contributed by atoms with Crippen LogP contribution in [0.15, 0.2) is 33.3 Å². The minimum absolute atomic E-state index is 0.0690. The van der Waals surface area contributed by atoms with E-state index < -0.39 is 10.8 Å². The monoisotopic (exact) mass is 338 g/mol. The van der Waals surface area contributed by atoms with Gasteiger partial charge in [0.1, 0.15) is 0 Å². The molecule has 0 amide bonds. The van der Waals surface area contributed by atoms with Crippen LogP contribution in [0.5, 0.6) is 0 Å². The van der Waals surface area contributed by atoms with Crippen molar-refractivity contribution in [3.8, 4) is 0 Å². The molecule has 0 aromatic heterocycles. The summed E-state index contributed by atoms with van der Waals surface area (Å²) < 4.78 is 12.2. The van der Waals surface area contributed by atoms with Crippen molar-refractivity contribution in [3.63, 3.8) is 0 Å². The first-order valence-corrected chi connectivity index (χ1v) is 8.55. The van der Waals surface area contributed by atoms with Crippen molar-refractivity contribution < 1.29 is 9.00 Å². The van der Waals surface area contributed by atoms with Crippen LogP contribution in [0.1, 0.15) is 29.6 Å². The van der Waals surface area contributed by atoms with E-state index in [1.54, 1.807) is 18.2 Å². The topological polar surface area (TPSA) is 109 Å². The largest absolute Gasteiger partial charge is 0.321 e. The molecule has 6 nitrogen and oxygen atoms in total. The second-order valence-electron chi connectivity index (χ2n) is 5.55. The number of hydrazone groups is 1. The Labute approximate surface area is 135 Å². The molecule has 0 radical (unpaired) electrons. The third-order valence-corrected chi connectivity index (χ3v) is 6.26. The van der Waals surface area contributed by atoms with Gasteiger partial charge in [-0.2, -0.15) is 5.10 Å². The Bertz CT molecular complexity index is 702. The molecular formula is C14H15ClN4O2S. The van der Waals surface area contributed by atoms with Crippen LogP contribution in [-0.2, 0) is 10.8 Å². The zero-order valence-corrected chi connectivity index (χ0v) is 13.2. The molecule has 0 heterocycles. The molecule has 1 aromatic rings. The second-order valence-corrected chi connectivity index (χ2v) is 7.66. The fourth-order valence-electron chi connectivity index (χ4n) is 2.47. The Balaban J connectivity index is 1.76. The Morgan fingerprint density at radius 1 is 1.36 bits per heavy atom. The average Bonchev–Trinajstić information content (AvgIpc) is 3.39.